The Hall–Kier alpha value is -0.380. The third-order valence-corrected chi connectivity index (χ3v) is 3.96. The zero-order chi connectivity index (χ0) is 10.9. The van der Waals surface area contributed by atoms with Crippen LogP contribution in [-0.4, -0.2) is 19.8 Å². The van der Waals surface area contributed by atoms with Gasteiger partial charge in [-0.1, -0.05) is 35.0 Å². The van der Waals surface area contributed by atoms with Gasteiger partial charge < -0.3 is 10.5 Å². The van der Waals surface area contributed by atoms with Crippen molar-refractivity contribution in [3.05, 3.63) is 34.3 Å². The normalized spacial score (nSPS) is 20.7. The minimum Gasteiger partial charge on any atom is -0.379 e. The minimum atomic E-state index is 0.148. The van der Waals surface area contributed by atoms with Crippen LogP contribution in [0.1, 0.15) is 12.5 Å². The van der Waals surface area contributed by atoms with E-state index in [1.54, 1.807) is 0 Å². The molecule has 1 fully saturated rings. The molecule has 0 spiro atoms. The minimum absolute atomic E-state index is 0.148. The lowest BCUT2D eigenvalue weighted by Crippen LogP contribution is -2.53. The number of nitrogens with two attached hydrogens (primary N) is 1. The van der Waals surface area contributed by atoms with Crippen LogP contribution in [0, 0.1) is 5.92 Å². The van der Waals surface area contributed by atoms with Crippen molar-refractivity contribution in [1.29, 1.82) is 0 Å². The molecule has 82 valence electrons. The molecule has 1 atom stereocenters. The number of halogens is 1. The summed E-state index contributed by atoms with van der Waals surface area (Å²) in [5, 5.41) is 0. The number of hydrogen-bond donors (Lipinski definition) is 1. The van der Waals surface area contributed by atoms with Gasteiger partial charge in [0.1, 0.15) is 0 Å². The summed E-state index contributed by atoms with van der Waals surface area (Å²) in [5.41, 5.74) is 7.26. The van der Waals surface area contributed by atoms with E-state index in [-0.39, 0.29) is 5.41 Å². The molecule has 0 aliphatic carbocycles. The summed E-state index contributed by atoms with van der Waals surface area (Å²) in [6, 6.07) is 8.49. The molecule has 2 nitrogen and oxygen atoms in total. The van der Waals surface area contributed by atoms with Gasteiger partial charge in [0.25, 0.3) is 0 Å². The summed E-state index contributed by atoms with van der Waals surface area (Å²) < 4.78 is 6.49. The standard InChI is InChI=1S/C12H16BrNO/c1-9(6-14)12(7-15-8-12)10-2-4-11(13)5-3-10/h2-5,9H,6-8,14H2,1H3. The summed E-state index contributed by atoms with van der Waals surface area (Å²) >= 11 is 3.45. The van der Waals surface area contributed by atoms with Crippen LogP contribution < -0.4 is 5.73 Å². The van der Waals surface area contributed by atoms with E-state index >= 15 is 0 Å². The highest BCUT2D eigenvalue weighted by atomic mass is 79.9. The van der Waals surface area contributed by atoms with Crippen LogP contribution in [0.3, 0.4) is 0 Å². The first-order chi connectivity index (χ1) is 7.19. The third-order valence-electron chi connectivity index (χ3n) is 3.44. The molecule has 15 heavy (non-hydrogen) atoms. The van der Waals surface area contributed by atoms with Crippen LogP contribution in [-0.2, 0) is 10.2 Å². The van der Waals surface area contributed by atoms with Crippen molar-refractivity contribution >= 4 is 15.9 Å². The van der Waals surface area contributed by atoms with Crippen LogP contribution in [0.15, 0.2) is 28.7 Å². The molecule has 1 saturated heterocycles. The molecular formula is C12H16BrNO. The lowest BCUT2D eigenvalue weighted by atomic mass is 9.69. The maximum Gasteiger partial charge on any atom is 0.0588 e. The fourth-order valence-corrected chi connectivity index (χ4v) is 2.33. The Morgan fingerprint density at radius 2 is 2.00 bits per heavy atom. The second-order valence-electron chi connectivity index (χ2n) is 4.29. The topological polar surface area (TPSA) is 35.2 Å². The first-order valence-corrected chi connectivity index (χ1v) is 6.02. The largest absolute Gasteiger partial charge is 0.379 e. The first kappa shape index (κ1) is 11.1. The summed E-state index contributed by atoms with van der Waals surface area (Å²) in [5.74, 6) is 0.465. The summed E-state index contributed by atoms with van der Waals surface area (Å²) in [6.07, 6.45) is 0. The van der Waals surface area contributed by atoms with Crippen molar-refractivity contribution in [3.63, 3.8) is 0 Å². The van der Waals surface area contributed by atoms with E-state index in [0.29, 0.717) is 12.5 Å². The Bertz CT molecular complexity index is 332. The van der Waals surface area contributed by atoms with Crippen molar-refractivity contribution in [2.45, 2.75) is 12.3 Å². The van der Waals surface area contributed by atoms with Gasteiger partial charge in [-0.3, -0.25) is 0 Å². The number of benzene rings is 1. The molecule has 3 heteroatoms. The van der Waals surface area contributed by atoms with Crippen molar-refractivity contribution in [2.75, 3.05) is 19.8 Å². The third kappa shape index (κ3) is 1.84. The quantitative estimate of drug-likeness (QED) is 0.914. The number of ether oxygens (including phenoxy) is 1. The molecule has 1 aliphatic heterocycles. The fraction of sp³-hybridized carbons (Fsp3) is 0.500. The van der Waals surface area contributed by atoms with Gasteiger partial charge in [-0.05, 0) is 30.2 Å². The Labute approximate surface area is 98.9 Å². The molecule has 1 aromatic carbocycles. The average molecular weight is 270 g/mol. The van der Waals surface area contributed by atoms with Crippen molar-refractivity contribution in [1.82, 2.24) is 0 Å². The van der Waals surface area contributed by atoms with Gasteiger partial charge in [0, 0.05) is 9.89 Å². The second kappa shape index (κ2) is 4.24. The van der Waals surface area contributed by atoms with Crippen LogP contribution >= 0.6 is 15.9 Å². The Balaban J connectivity index is 2.30. The zero-order valence-corrected chi connectivity index (χ0v) is 10.5. The van der Waals surface area contributed by atoms with Crippen LogP contribution in [0.2, 0.25) is 0 Å². The molecule has 0 bridgehead atoms. The predicted molar refractivity (Wildman–Crippen MR) is 64.9 cm³/mol. The molecule has 1 heterocycles. The van der Waals surface area contributed by atoms with Gasteiger partial charge in [0.2, 0.25) is 0 Å². The molecule has 0 aromatic heterocycles. The van der Waals surface area contributed by atoms with Crippen molar-refractivity contribution in [3.8, 4) is 0 Å². The monoisotopic (exact) mass is 269 g/mol. The zero-order valence-electron chi connectivity index (χ0n) is 8.87. The molecule has 0 saturated carbocycles. The van der Waals surface area contributed by atoms with Gasteiger partial charge >= 0.3 is 0 Å². The maximum atomic E-state index is 5.77. The lowest BCUT2D eigenvalue weighted by Gasteiger charge is -2.46. The van der Waals surface area contributed by atoms with Gasteiger partial charge in [0.15, 0.2) is 0 Å². The molecule has 2 N–H and O–H groups in total. The van der Waals surface area contributed by atoms with E-state index in [9.17, 15) is 0 Å². The smallest absolute Gasteiger partial charge is 0.0588 e. The van der Waals surface area contributed by atoms with E-state index in [0.717, 1.165) is 17.7 Å². The highest BCUT2D eigenvalue weighted by Gasteiger charge is 2.44. The summed E-state index contributed by atoms with van der Waals surface area (Å²) in [4.78, 5) is 0. The SMILES string of the molecule is CC(CN)C1(c2ccc(Br)cc2)COC1. The highest BCUT2D eigenvalue weighted by Crippen LogP contribution is 2.39. The Kier molecular flexibility index (Phi) is 3.14. The van der Waals surface area contributed by atoms with Gasteiger partial charge in [0.05, 0.1) is 13.2 Å². The van der Waals surface area contributed by atoms with Crippen LogP contribution in [0.5, 0.6) is 0 Å². The molecule has 1 aromatic rings. The summed E-state index contributed by atoms with van der Waals surface area (Å²) in [7, 11) is 0. The van der Waals surface area contributed by atoms with Crippen LogP contribution in [0.4, 0.5) is 0 Å². The molecule has 0 amide bonds. The Morgan fingerprint density at radius 1 is 1.40 bits per heavy atom. The summed E-state index contributed by atoms with van der Waals surface area (Å²) in [6.45, 7) is 4.50. The first-order valence-electron chi connectivity index (χ1n) is 5.23. The van der Waals surface area contributed by atoms with Crippen molar-refractivity contribution < 1.29 is 4.74 Å². The molecule has 0 radical (unpaired) electrons. The van der Waals surface area contributed by atoms with E-state index in [2.05, 4.69) is 47.1 Å². The van der Waals surface area contributed by atoms with Gasteiger partial charge in [-0.15, -0.1) is 0 Å². The fourth-order valence-electron chi connectivity index (χ4n) is 2.07. The van der Waals surface area contributed by atoms with E-state index in [1.165, 1.54) is 5.56 Å². The van der Waals surface area contributed by atoms with E-state index in [1.807, 2.05) is 0 Å². The lowest BCUT2D eigenvalue weighted by molar-refractivity contribution is -0.0854. The van der Waals surface area contributed by atoms with Gasteiger partial charge in [-0.25, -0.2) is 0 Å². The molecular weight excluding hydrogens is 254 g/mol. The van der Waals surface area contributed by atoms with Crippen LogP contribution in [0.25, 0.3) is 0 Å². The number of hydrogen-bond acceptors (Lipinski definition) is 2. The highest BCUT2D eigenvalue weighted by molar-refractivity contribution is 9.10. The van der Waals surface area contributed by atoms with Crippen molar-refractivity contribution in [2.24, 2.45) is 11.7 Å². The Morgan fingerprint density at radius 3 is 2.40 bits per heavy atom. The maximum absolute atomic E-state index is 5.77. The van der Waals surface area contributed by atoms with E-state index in [4.69, 9.17) is 10.5 Å². The van der Waals surface area contributed by atoms with Gasteiger partial charge in [-0.2, -0.15) is 0 Å². The molecule has 1 unspecified atom stereocenters. The predicted octanol–water partition coefficient (Wildman–Crippen LogP) is 2.31. The number of rotatable bonds is 3. The molecule has 2 rings (SSSR count). The second-order valence-corrected chi connectivity index (χ2v) is 5.21. The van der Waals surface area contributed by atoms with E-state index < -0.39 is 0 Å². The average Bonchev–Trinajstić information content (AvgIpc) is 2.19. The molecule has 1 aliphatic rings.